The molecule has 1 aromatic carbocycles. The van der Waals surface area contributed by atoms with Crippen molar-refractivity contribution in [3.63, 3.8) is 0 Å². The lowest BCUT2D eigenvalue weighted by atomic mass is 10.1. The first-order chi connectivity index (χ1) is 9.31. The van der Waals surface area contributed by atoms with Crippen LogP contribution in [0.5, 0.6) is 0 Å². The summed E-state index contributed by atoms with van der Waals surface area (Å²) < 4.78 is 27.4. The largest absolute Gasteiger partial charge is 0.398 e. The molecule has 0 aliphatic carbocycles. The van der Waals surface area contributed by atoms with Gasteiger partial charge in [0, 0.05) is 6.20 Å². The highest BCUT2D eigenvalue weighted by Gasteiger charge is 2.21. The number of aryl methyl sites for hydroxylation is 2. The van der Waals surface area contributed by atoms with Gasteiger partial charge in [-0.1, -0.05) is 6.07 Å². The number of hydrogen-bond donors (Lipinski definition) is 2. The van der Waals surface area contributed by atoms with E-state index >= 15 is 0 Å². The van der Waals surface area contributed by atoms with Gasteiger partial charge in [-0.25, -0.2) is 13.4 Å². The van der Waals surface area contributed by atoms with Crippen molar-refractivity contribution >= 4 is 21.5 Å². The number of sulfonamides is 1. The van der Waals surface area contributed by atoms with E-state index in [0.717, 1.165) is 11.1 Å². The Balaban J connectivity index is 2.49. The summed E-state index contributed by atoms with van der Waals surface area (Å²) in [7, 11) is -3.75. The average molecular weight is 291 g/mol. The van der Waals surface area contributed by atoms with E-state index in [1.54, 1.807) is 37.4 Å². The molecule has 0 spiro atoms. The molecule has 0 aliphatic rings. The highest BCUT2D eigenvalue weighted by Crippen LogP contribution is 2.26. The van der Waals surface area contributed by atoms with Crippen LogP contribution in [0.3, 0.4) is 0 Å². The fraction of sp³-hybridized carbons (Fsp3) is 0.214. The molecule has 0 radical (unpaired) electrons. The van der Waals surface area contributed by atoms with E-state index in [0.29, 0.717) is 5.56 Å². The highest BCUT2D eigenvalue weighted by molar-refractivity contribution is 7.93. The Morgan fingerprint density at radius 3 is 2.50 bits per heavy atom. The van der Waals surface area contributed by atoms with E-state index < -0.39 is 10.0 Å². The monoisotopic (exact) mass is 291 g/mol. The lowest BCUT2D eigenvalue weighted by molar-refractivity contribution is 0.600. The van der Waals surface area contributed by atoms with E-state index in [1.807, 2.05) is 13.8 Å². The predicted molar refractivity (Wildman–Crippen MR) is 80.1 cm³/mol. The molecule has 0 atom stereocenters. The quantitative estimate of drug-likeness (QED) is 0.850. The number of nitrogens with one attached hydrogen (secondary N) is 1. The molecule has 3 N–H and O–H groups in total. The van der Waals surface area contributed by atoms with Gasteiger partial charge in [0.25, 0.3) is 10.0 Å². The highest BCUT2D eigenvalue weighted by atomic mass is 32.2. The number of anilines is 2. The summed E-state index contributed by atoms with van der Waals surface area (Å²) in [6.45, 7) is 5.45. The van der Waals surface area contributed by atoms with Gasteiger partial charge in [-0.15, -0.1) is 0 Å². The molecule has 2 rings (SSSR count). The van der Waals surface area contributed by atoms with Crippen molar-refractivity contribution in [2.75, 3.05) is 10.5 Å². The fourth-order valence-electron chi connectivity index (χ4n) is 1.95. The van der Waals surface area contributed by atoms with Crippen LogP contribution >= 0.6 is 0 Å². The summed E-state index contributed by atoms with van der Waals surface area (Å²) in [5.41, 5.74) is 8.49. The van der Waals surface area contributed by atoms with Crippen molar-refractivity contribution < 1.29 is 8.42 Å². The average Bonchev–Trinajstić information content (AvgIpc) is 2.33. The van der Waals surface area contributed by atoms with Crippen LogP contribution in [0, 0.1) is 20.8 Å². The van der Waals surface area contributed by atoms with Crippen LogP contribution in [0.25, 0.3) is 0 Å². The number of nitrogens with two attached hydrogens (primary N) is 1. The molecule has 0 unspecified atom stereocenters. The van der Waals surface area contributed by atoms with Crippen LogP contribution in [0.15, 0.2) is 35.4 Å². The van der Waals surface area contributed by atoms with Crippen molar-refractivity contribution in [3.05, 3.63) is 47.2 Å². The Bertz CT molecular complexity index is 755. The molecule has 106 valence electrons. The molecule has 0 fully saturated rings. The summed E-state index contributed by atoms with van der Waals surface area (Å²) >= 11 is 0. The van der Waals surface area contributed by atoms with Gasteiger partial charge in [-0.05, 0) is 55.7 Å². The number of hydrogen-bond acceptors (Lipinski definition) is 4. The van der Waals surface area contributed by atoms with E-state index in [1.165, 1.54) is 0 Å². The number of pyridine rings is 1. The molecule has 5 nitrogen and oxygen atoms in total. The van der Waals surface area contributed by atoms with Crippen LogP contribution < -0.4 is 10.5 Å². The third kappa shape index (κ3) is 2.75. The zero-order valence-electron chi connectivity index (χ0n) is 11.6. The molecule has 0 saturated carbocycles. The SMILES string of the molecule is Cc1ccnc(NS(=O)(=O)c2c(N)ccc(C)c2C)c1. The van der Waals surface area contributed by atoms with Gasteiger partial charge >= 0.3 is 0 Å². The van der Waals surface area contributed by atoms with Crippen molar-refractivity contribution in [2.45, 2.75) is 25.7 Å². The van der Waals surface area contributed by atoms with E-state index in [-0.39, 0.29) is 16.4 Å². The molecule has 0 bridgehead atoms. The predicted octanol–water partition coefficient (Wildman–Crippen LogP) is 2.39. The third-order valence-corrected chi connectivity index (χ3v) is 4.69. The van der Waals surface area contributed by atoms with Crippen molar-refractivity contribution in [1.82, 2.24) is 4.98 Å². The van der Waals surface area contributed by atoms with Crippen molar-refractivity contribution in [1.29, 1.82) is 0 Å². The minimum Gasteiger partial charge on any atom is -0.398 e. The lowest BCUT2D eigenvalue weighted by Crippen LogP contribution is -2.17. The Morgan fingerprint density at radius 1 is 1.15 bits per heavy atom. The van der Waals surface area contributed by atoms with Crippen LogP contribution in [-0.4, -0.2) is 13.4 Å². The first-order valence-corrected chi connectivity index (χ1v) is 7.61. The minimum absolute atomic E-state index is 0.112. The normalized spacial score (nSPS) is 11.3. The van der Waals surface area contributed by atoms with Gasteiger partial charge in [-0.2, -0.15) is 0 Å². The minimum atomic E-state index is -3.75. The number of nitrogens with zero attached hydrogens (tertiary/aromatic N) is 1. The summed E-state index contributed by atoms with van der Waals surface area (Å²) in [5, 5.41) is 0. The molecular formula is C14H17N3O2S. The Hall–Kier alpha value is -2.08. The molecule has 6 heteroatoms. The van der Waals surface area contributed by atoms with Gasteiger partial charge < -0.3 is 5.73 Å². The topological polar surface area (TPSA) is 85.1 Å². The molecule has 1 aromatic heterocycles. The number of nitrogen functional groups attached to an aromatic ring is 1. The lowest BCUT2D eigenvalue weighted by Gasteiger charge is -2.14. The van der Waals surface area contributed by atoms with Crippen LogP contribution in [0.4, 0.5) is 11.5 Å². The molecule has 0 amide bonds. The number of rotatable bonds is 3. The smallest absolute Gasteiger partial charge is 0.265 e. The van der Waals surface area contributed by atoms with E-state index in [4.69, 9.17) is 5.73 Å². The Morgan fingerprint density at radius 2 is 1.85 bits per heavy atom. The fourth-order valence-corrected chi connectivity index (χ4v) is 3.38. The maximum Gasteiger partial charge on any atom is 0.265 e. The summed E-state index contributed by atoms with van der Waals surface area (Å²) in [6.07, 6.45) is 1.56. The standard InChI is InChI=1S/C14H17N3O2S/c1-9-6-7-16-13(8-9)17-20(18,19)14-11(3)10(2)4-5-12(14)15/h4-8H,15H2,1-3H3,(H,16,17). The molecule has 20 heavy (non-hydrogen) atoms. The second kappa shape index (κ2) is 5.13. The first-order valence-electron chi connectivity index (χ1n) is 6.12. The molecule has 1 heterocycles. The van der Waals surface area contributed by atoms with E-state index in [9.17, 15) is 8.42 Å². The summed E-state index contributed by atoms with van der Waals surface area (Å²) in [4.78, 5) is 4.11. The van der Waals surface area contributed by atoms with Gasteiger partial charge in [0.2, 0.25) is 0 Å². The Labute approximate surface area is 118 Å². The summed E-state index contributed by atoms with van der Waals surface area (Å²) in [5.74, 6) is 0.283. The summed E-state index contributed by atoms with van der Waals surface area (Å²) in [6, 6.07) is 6.86. The molecule has 2 aromatic rings. The van der Waals surface area contributed by atoms with Crippen LogP contribution in [-0.2, 0) is 10.0 Å². The van der Waals surface area contributed by atoms with Crippen LogP contribution in [0.1, 0.15) is 16.7 Å². The number of benzene rings is 1. The van der Waals surface area contributed by atoms with Gasteiger partial charge in [0.15, 0.2) is 0 Å². The Kier molecular flexibility index (Phi) is 3.67. The molecular weight excluding hydrogens is 274 g/mol. The maximum absolute atomic E-state index is 12.5. The third-order valence-electron chi connectivity index (χ3n) is 3.13. The zero-order valence-corrected chi connectivity index (χ0v) is 12.5. The zero-order chi connectivity index (χ0) is 14.9. The molecule has 0 aliphatic heterocycles. The van der Waals surface area contributed by atoms with Crippen molar-refractivity contribution in [2.24, 2.45) is 0 Å². The second-order valence-corrected chi connectivity index (χ2v) is 6.37. The van der Waals surface area contributed by atoms with E-state index in [2.05, 4.69) is 9.71 Å². The number of aromatic nitrogens is 1. The van der Waals surface area contributed by atoms with Gasteiger partial charge in [0.1, 0.15) is 10.7 Å². The van der Waals surface area contributed by atoms with Gasteiger partial charge in [-0.3, -0.25) is 4.72 Å². The first kappa shape index (κ1) is 14.3. The van der Waals surface area contributed by atoms with Crippen LogP contribution in [0.2, 0.25) is 0 Å². The van der Waals surface area contributed by atoms with Gasteiger partial charge in [0.05, 0.1) is 5.69 Å². The van der Waals surface area contributed by atoms with Crippen molar-refractivity contribution in [3.8, 4) is 0 Å². The molecule has 0 saturated heterocycles. The maximum atomic E-state index is 12.5. The second-order valence-electron chi connectivity index (χ2n) is 4.75.